The maximum Gasteiger partial charge on any atom is 0.240 e. The van der Waals surface area contributed by atoms with Crippen LogP contribution in [-0.4, -0.2) is 41.9 Å². The summed E-state index contributed by atoms with van der Waals surface area (Å²) in [5.41, 5.74) is 2.64. The molecule has 1 heterocycles. The first-order valence-electron chi connectivity index (χ1n) is 10.5. The second kappa shape index (κ2) is 10.5. The highest BCUT2D eigenvalue weighted by Gasteiger charge is 2.29. The molecule has 0 aliphatic carbocycles. The van der Waals surface area contributed by atoms with Crippen LogP contribution in [0.1, 0.15) is 54.2 Å². The first-order chi connectivity index (χ1) is 15.3. The number of benzene rings is 2. The van der Waals surface area contributed by atoms with Gasteiger partial charge in [-0.1, -0.05) is 62.0 Å². The Labute approximate surface area is 193 Å². The molecule has 2 aromatic rings. The Balaban J connectivity index is 1.68. The SMILES string of the molecule is COc1ccccc1C(=O)C=C1SCC(=O)N1CC(=O)NC(C)c1ccc(C(C)C)cc1. The van der Waals surface area contributed by atoms with E-state index in [2.05, 4.69) is 31.3 Å². The highest BCUT2D eigenvalue weighted by atomic mass is 32.2. The fourth-order valence-corrected chi connectivity index (χ4v) is 4.36. The molecule has 1 unspecified atom stereocenters. The topological polar surface area (TPSA) is 75.7 Å². The van der Waals surface area contributed by atoms with Crippen molar-refractivity contribution in [2.75, 3.05) is 19.4 Å². The molecule has 1 aliphatic heterocycles. The third-order valence-corrected chi connectivity index (χ3v) is 6.35. The highest BCUT2D eigenvalue weighted by molar-refractivity contribution is 8.04. The van der Waals surface area contributed by atoms with Crippen molar-refractivity contribution in [3.63, 3.8) is 0 Å². The third kappa shape index (κ3) is 5.59. The second-order valence-corrected chi connectivity index (χ2v) is 8.92. The van der Waals surface area contributed by atoms with E-state index in [1.54, 1.807) is 24.3 Å². The molecular weight excluding hydrogens is 424 g/mol. The van der Waals surface area contributed by atoms with E-state index >= 15 is 0 Å². The molecule has 2 amide bonds. The minimum Gasteiger partial charge on any atom is -0.496 e. The smallest absolute Gasteiger partial charge is 0.240 e. The van der Waals surface area contributed by atoms with Crippen LogP contribution in [0, 0.1) is 0 Å². The summed E-state index contributed by atoms with van der Waals surface area (Å²) in [6, 6.07) is 14.9. The van der Waals surface area contributed by atoms with Gasteiger partial charge in [-0.2, -0.15) is 0 Å². The molecule has 0 saturated carbocycles. The van der Waals surface area contributed by atoms with Crippen molar-refractivity contribution in [3.8, 4) is 5.75 Å². The van der Waals surface area contributed by atoms with Crippen LogP contribution in [0.4, 0.5) is 0 Å². The molecule has 168 valence electrons. The largest absolute Gasteiger partial charge is 0.496 e. The van der Waals surface area contributed by atoms with Gasteiger partial charge in [0.05, 0.1) is 29.5 Å². The molecule has 0 spiro atoms. The molecule has 2 aromatic carbocycles. The van der Waals surface area contributed by atoms with Gasteiger partial charge in [-0.05, 0) is 36.1 Å². The lowest BCUT2D eigenvalue weighted by molar-refractivity contribution is -0.131. The predicted octanol–water partition coefficient (Wildman–Crippen LogP) is 4.30. The molecular formula is C25H28N2O4S. The predicted molar refractivity (Wildman–Crippen MR) is 127 cm³/mol. The summed E-state index contributed by atoms with van der Waals surface area (Å²) in [6.07, 6.45) is 1.40. The molecule has 1 atom stereocenters. The zero-order valence-electron chi connectivity index (χ0n) is 18.8. The molecule has 3 rings (SSSR count). The summed E-state index contributed by atoms with van der Waals surface area (Å²) in [6.45, 7) is 6.04. The Morgan fingerprint density at radius 2 is 1.75 bits per heavy atom. The van der Waals surface area contributed by atoms with Crippen molar-refractivity contribution in [3.05, 3.63) is 76.3 Å². The summed E-state index contributed by atoms with van der Waals surface area (Å²) >= 11 is 1.25. The summed E-state index contributed by atoms with van der Waals surface area (Å²) in [7, 11) is 1.50. The zero-order chi connectivity index (χ0) is 23.3. The quantitative estimate of drug-likeness (QED) is 0.478. The van der Waals surface area contributed by atoms with E-state index in [9.17, 15) is 14.4 Å². The van der Waals surface area contributed by atoms with Crippen molar-refractivity contribution in [1.29, 1.82) is 0 Å². The summed E-state index contributed by atoms with van der Waals surface area (Å²) in [5, 5.41) is 3.41. The standard InChI is InChI=1S/C25H28N2O4S/c1-16(2)18-9-11-19(12-10-18)17(3)26-23(29)14-27-24(30)15-32-25(27)13-21(28)20-7-5-6-8-22(20)31-4/h5-13,16-17H,14-15H2,1-4H3,(H,26,29). The fraction of sp³-hybridized carbons (Fsp3) is 0.320. The summed E-state index contributed by atoms with van der Waals surface area (Å²) < 4.78 is 5.25. The Morgan fingerprint density at radius 1 is 1.09 bits per heavy atom. The van der Waals surface area contributed by atoms with Crippen molar-refractivity contribution in [2.24, 2.45) is 0 Å². The van der Waals surface area contributed by atoms with E-state index in [0.717, 1.165) is 5.56 Å². The normalized spacial score (nSPS) is 15.8. The zero-order valence-corrected chi connectivity index (χ0v) is 19.6. The van der Waals surface area contributed by atoms with E-state index in [-0.39, 0.29) is 35.9 Å². The van der Waals surface area contributed by atoms with Gasteiger partial charge in [0.25, 0.3) is 0 Å². The second-order valence-electron chi connectivity index (χ2n) is 7.93. The van der Waals surface area contributed by atoms with Crippen LogP contribution in [0.3, 0.4) is 0 Å². The van der Waals surface area contributed by atoms with Crippen LogP contribution in [0.15, 0.2) is 59.6 Å². The van der Waals surface area contributed by atoms with E-state index in [4.69, 9.17) is 4.74 Å². The van der Waals surface area contributed by atoms with Gasteiger partial charge in [0.2, 0.25) is 11.8 Å². The lowest BCUT2D eigenvalue weighted by atomic mass is 9.99. The van der Waals surface area contributed by atoms with Gasteiger partial charge in [-0.15, -0.1) is 0 Å². The summed E-state index contributed by atoms with van der Waals surface area (Å²) in [5.74, 6) is 0.352. The number of hydrogen-bond acceptors (Lipinski definition) is 5. The van der Waals surface area contributed by atoms with Crippen molar-refractivity contribution < 1.29 is 19.1 Å². The average Bonchev–Trinajstić information content (AvgIpc) is 3.12. The molecule has 32 heavy (non-hydrogen) atoms. The number of thioether (sulfide) groups is 1. The van der Waals surface area contributed by atoms with E-state index in [1.807, 2.05) is 19.1 Å². The number of ketones is 1. The number of hydrogen-bond donors (Lipinski definition) is 1. The number of methoxy groups -OCH3 is 1. The first-order valence-corrected chi connectivity index (χ1v) is 11.5. The number of carbonyl (C=O) groups is 3. The van der Waals surface area contributed by atoms with Gasteiger partial charge in [-0.25, -0.2) is 0 Å². The van der Waals surface area contributed by atoms with Gasteiger partial charge in [0.1, 0.15) is 12.3 Å². The summed E-state index contributed by atoms with van der Waals surface area (Å²) in [4.78, 5) is 39.1. The minimum atomic E-state index is -0.281. The van der Waals surface area contributed by atoms with E-state index in [0.29, 0.717) is 22.3 Å². The van der Waals surface area contributed by atoms with Crippen molar-refractivity contribution in [2.45, 2.75) is 32.7 Å². The maximum absolute atomic E-state index is 12.7. The Kier molecular flexibility index (Phi) is 7.75. The average molecular weight is 453 g/mol. The monoisotopic (exact) mass is 452 g/mol. The number of allylic oxidation sites excluding steroid dienone is 1. The third-order valence-electron chi connectivity index (χ3n) is 5.32. The molecule has 0 radical (unpaired) electrons. The van der Waals surface area contributed by atoms with Crippen LogP contribution in [0.2, 0.25) is 0 Å². The van der Waals surface area contributed by atoms with Gasteiger partial charge < -0.3 is 10.1 Å². The number of nitrogens with zero attached hydrogens (tertiary/aromatic N) is 1. The Hall–Kier alpha value is -3.06. The number of amides is 2. The fourth-order valence-electron chi connectivity index (χ4n) is 3.42. The van der Waals surface area contributed by atoms with Gasteiger partial charge in [0, 0.05) is 6.08 Å². The van der Waals surface area contributed by atoms with Crippen LogP contribution in [0.5, 0.6) is 5.75 Å². The maximum atomic E-state index is 12.7. The van der Waals surface area contributed by atoms with Crippen molar-refractivity contribution >= 4 is 29.4 Å². The molecule has 1 N–H and O–H groups in total. The number of para-hydroxylation sites is 1. The van der Waals surface area contributed by atoms with Crippen molar-refractivity contribution in [1.82, 2.24) is 10.2 Å². The Morgan fingerprint density at radius 3 is 2.41 bits per heavy atom. The van der Waals surface area contributed by atoms with Gasteiger partial charge in [-0.3, -0.25) is 19.3 Å². The number of carbonyl (C=O) groups excluding carboxylic acids is 3. The van der Waals surface area contributed by atoms with Gasteiger partial charge in [0.15, 0.2) is 5.78 Å². The molecule has 6 nitrogen and oxygen atoms in total. The lowest BCUT2D eigenvalue weighted by Crippen LogP contribution is -2.38. The minimum absolute atomic E-state index is 0.134. The van der Waals surface area contributed by atoms with Crippen LogP contribution >= 0.6 is 11.8 Å². The van der Waals surface area contributed by atoms with E-state index in [1.165, 1.54) is 35.4 Å². The molecule has 0 aromatic heterocycles. The Bertz CT molecular complexity index is 1030. The van der Waals surface area contributed by atoms with Crippen LogP contribution in [-0.2, 0) is 9.59 Å². The highest BCUT2D eigenvalue weighted by Crippen LogP contribution is 2.30. The van der Waals surface area contributed by atoms with Gasteiger partial charge >= 0.3 is 0 Å². The molecule has 7 heteroatoms. The molecule has 0 bridgehead atoms. The molecule has 1 saturated heterocycles. The number of rotatable bonds is 8. The lowest BCUT2D eigenvalue weighted by Gasteiger charge is -2.20. The number of nitrogens with one attached hydrogen (secondary N) is 1. The van der Waals surface area contributed by atoms with E-state index < -0.39 is 0 Å². The number of ether oxygens (including phenoxy) is 1. The van der Waals surface area contributed by atoms with Crippen LogP contribution < -0.4 is 10.1 Å². The first kappa shape index (κ1) is 23.6. The molecule has 1 aliphatic rings. The van der Waals surface area contributed by atoms with Crippen LogP contribution in [0.25, 0.3) is 0 Å². The molecule has 1 fully saturated rings.